The van der Waals surface area contributed by atoms with Crippen LogP contribution in [0.1, 0.15) is 16.7 Å². The third-order valence-electron chi connectivity index (χ3n) is 2.02. The molecule has 1 rings (SSSR count). The number of halogens is 3. The van der Waals surface area contributed by atoms with Crippen LogP contribution in [0.5, 0.6) is 5.75 Å². The summed E-state index contributed by atoms with van der Waals surface area (Å²) in [7, 11) is 1.13. The van der Waals surface area contributed by atoms with Crippen LogP contribution >= 0.6 is 0 Å². The van der Waals surface area contributed by atoms with Crippen molar-refractivity contribution < 1.29 is 17.9 Å². The minimum absolute atomic E-state index is 0.0893. The number of methoxy groups -OCH3 is 1. The minimum atomic E-state index is -4.57. The molecule has 0 spiro atoms. The predicted molar refractivity (Wildman–Crippen MR) is 50.6 cm³/mol. The molecular formula is C10H9F3N2O. The number of nitriles is 1. The van der Waals surface area contributed by atoms with Crippen molar-refractivity contribution in [1.29, 1.82) is 5.26 Å². The van der Waals surface area contributed by atoms with E-state index in [4.69, 9.17) is 11.0 Å². The first-order chi connectivity index (χ1) is 7.43. The van der Waals surface area contributed by atoms with Crippen LogP contribution in [0.3, 0.4) is 0 Å². The second-order valence-corrected chi connectivity index (χ2v) is 3.03. The van der Waals surface area contributed by atoms with Gasteiger partial charge in [-0.25, -0.2) is 0 Å². The van der Waals surface area contributed by atoms with E-state index in [1.54, 1.807) is 6.07 Å². The van der Waals surface area contributed by atoms with Crippen molar-refractivity contribution in [3.05, 3.63) is 28.8 Å². The Morgan fingerprint density at radius 3 is 2.44 bits per heavy atom. The van der Waals surface area contributed by atoms with Crippen molar-refractivity contribution in [2.24, 2.45) is 5.73 Å². The molecule has 0 atom stereocenters. The van der Waals surface area contributed by atoms with Gasteiger partial charge in [-0.1, -0.05) is 0 Å². The monoisotopic (exact) mass is 230 g/mol. The molecule has 0 saturated carbocycles. The van der Waals surface area contributed by atoms with E-state index < -0.39 is 11.7 Å². The Morgan fingerprint density at radius 2 is 2.06 bits per heavy atom. The lowest BCUT2D eigenvalue weighted by Gasteiger charge is -2.15. The Bertz CT molecular complexity index is 435. The normalized spacial score (nSPS) is 11.0. The van der Waals surface area contributed by atoms with E-state index in [-0.39, 0.29) is 23.4 Å². The van der Waals surface area contributed by atoms with Gasteiger partial charge in [-0.2, -0.15) is 18.4 Å². The molecule has 2 N–H and O–H groups in total. The van der Waals surface area contributed by atoms with Gasteiger partial charge in [-0.05, 0) is 12.1 Å². The molecule has 0 fully saturated rings. The smallest absolute Gasteiger partial charge is 0.420 e. The quantitative estimate of drug-likeness (QED) is 0.845. The van der Waals surface area contributed by atoms with Gasteiger partial charge in [0.1, 0.15) is 5.75 Å². The van der Waals surface area contributed by atoms with E-state index in [1.165, 1.54) is 6.07 Å². The molecule has 0 amide bonds. The van der Waals surface area contributed by atoms with E-state index in [0.29, 0.717) is 0 Å². The fourth-order valence-corrected chi connectivity index (χ4v) is 1.36. The van der Waals surface area contributed by atoms with Crippen LogP contribution in [0.4, 0.5) is 13.2 Å². The highest BCUT2D eigenvalue weighted by atomic mass is 19.4. The fraction of sp³-hybridized carbons (Fsp3) is 0.300. The number of ether oxygens (including phenoxy) is 1. The molecule has 0 saturated heterocycles. The first-order valence-corrected chi connectivity index (χ1v) is 4.32. The van der Waals surface area contributed by atoms with Gasteiger partial charge in [-0.15, -0.1) is 0 Å². The van der Waals surface area contributed by atoms with Gasteiger partial charge in [0.15, 0.2) is 0 Å². The van der Waals surface area contributed by atoms with Crippen molar-refractivity contribution in [2.75, 3.05) is 7.11 Å². The molecular weight excluding hydrogens is 221 g/mol. The average molecular weight is 230 g/mol. The number of hydrogen-bond donors (Lipinski definition) is 1. The Hall–Kier alpha value is -1.74. The number of nitrogens with two attached hydrogens (primary N) is 1. The molecule has 6 heteroatoms. The van der Waals surface area contributed by atoms with Gasteiger partial charge >= 0.3 is 6.18 Å². The summed E-state index contributed by atoms with van der Waals surface area (Å²) in [6.07, 6.45) is -4.57. The molecule has 0 heterocycles. The number of benzene rings is 1. The van der Waals surface area contributed by atoms with E-state index >= 15 is 0 Å². The molecule has 86 valence electrons. The molecule has 0 unspecified atom stereocenters. The molecule has 0 aliphatic heterocycles. The summed E-state index contributed by atoms with van der Waals surface area (Å²) < 4.78 is 42.6. The highest BCUT2D eigenvalue weighted by Crippen LogP contribution is 2.38. The first-order valence-electron chi connectivity index (χ1n) is 4.32. The van der Waals surface area contributed by atoms with Gasteiger partial charge < -0.3 is 10.5 Å². The molecule has 0 bridgehead atoms. The van der Waals surface area contributed by atoms with Gasteiger partial charge in [0.25, 0.3) is 0 Å². The third-order valence-corrected chi connectivity index (χ3v) is 2.02. The number of alkyl halides is 3. The summed E-state index contributed by atoms with van der Waals surface area (Å²) in [5.41, 5.74) is 4.40. The highest BCUT2D eigenvalue weighted by Gasteiger charge is 2.35. The summed E-state index contributed by atoms with van der Waals surface area (Å²) in [4.78, 5) is 0. The lowest BCUT2D eigenvalue weighted by Crippen LogP contribution is -2.11. The van der Waals surface area contributed by atoms with Gasteiger partial charge in [-0.3, -0.25) is 0 Å². The standard InChI is InChI=1S/C10H9F3N2O/c1-16-9-7(5-15)2-6(4-14)3-8(9)10(11,12)13/h2-3H,5,15H2,1H3. The zero-order valence-corrected chi connectivity index (χ0v) is 8.43. The van der Waals surface area contributed by atoms with E-state index in [9.17, 15) is 13.2 Å². The summed E-state index contributed by atoms with van der Waals surface area (Å²) in [5, 5.41) is 8.61. The van der Waals surface area contributed by atoms with Crippen LogP contribution in [-0.4, -0.2) is 7.11 Å². The molecule has 0 aliphatic carbocycles. The van der Waals surface area contributed by atoms with Gasteiger partial charge in [0.2, 0.25) is 0 Å². The van der Waals surface area contributed by atoms with E-state index in [1.807, 2.05) is 0 Å². The van der Waals surface area contributed by atoms with Gasteiger partial charge in [0.05, 0.1) is 24.3 Å². The van der Waals surface area contributed by atoms with Gasteiger partial charge in [0, 0.05) is 12.1 Å². The topological polar surface area (TPSA) is 59.0 Å². The van der Waals surface area contributed by atoms with Crippen molar-refractivity contribution >= 4 is 0 Å². The van der Waals surface area contributed by atoms with Crippen LogP contribution in [0.25, 0.3) is 0 Å². The van der Waals surface area contributed by atoms with Crippen LogP contribution in [0.2, 0.25) is 0 Å². The molecule has 0 aliphatic rings. The molecule has 16 heavy (non-hydrogen) atoms. The Morgan fingerprint density at radius 1 is 1.44 bits per heavy atom. The lowest BCUT2D eigenvalue weighted by molar-refractivity contribution is -0.138. The molecule has 0 radical (unpaired) electrons. The van der Waals surface area contributed by atoms with Crippen molar-refractivity contribution in [2.45, 2.75) is 12.7 Å². The number of nitrogens with zero attached hydrogens (tertiary/aromatic N) is 1. The largest absolute Gasteiger partial charge is 0.496 e. The third kappa shape index (κ3) is 2.25. The Labute approximate surface area is 90.2 Å². The number of rotatable bonds is 2. The molecule has 1 aromatic carbocycles. The van der Waals surface area contributed by atoms with Crippen LogP contribution in [-0.2, 0) is 12.7 Å². The second kappa shape index (κ2) is 4.41. The maximum Gasteiger partial charge on any atom is 0.420 e. The highest BCUT2D eigenvalue weighted by molar-refractivity contribution is 5.49. The first kappa shape index (κ1) is 12.3. The summed E-state index contributed by atoms with van der Waals surface area (Å²) >= 11 is 0. The van der Waals surface area contributed by atoms with Crippen LogP contribution < -0.4 is 10.5 Å². The number of hydrogen-bond acceptors (Lipinski definition) is 3. The summed E-state index contributed by atoms with van der Waals surface area (Å²) in [6.45, 7) is -0.123. The molecule has 0 aromatic heterocycles. The van der Waals surface area contributed by atoms with E-state index in [0.717, 1.165) is 13.2 Å². The zero-order valence-electron chi connectivity index (χ0n) is 8.43. The van der Waals surface area contributed by atoms with Crippen LogP contribution in [0, 0.1) is 11.3 Å². The van der Waals surface area contributed by atoms with Crippen LogP contribution in [0.15, 0.2) is 12.1 Å². The molecule has 3 nitrogen and oxygen atoms in total. The lowest BCUT2D eigenvalue weighted by atomic mass is 10.0. The van der Waals surface area contributed by atoms with Crippen molar-refractivity contribution in [3.63, 3.8) is 0 Å². The summed E-state index contributed by atoms with van der Waals surface area (Å²) in [6, 6.07) is 3.69. The summed E-state index contributed by atoms with van der Waals surface area (Å²) in [5.74, 6) is -0.325. The fourth-order valence-electron chi connectivity index (χ4n) is 1.36. The maximum absolute atomic E-state index is 12.6. The predicted octanol–water partition coefficient (Wildman–Crippen LogP) is 2.04. The second-order valence-electron chi connectivity index (χ2n) is 3.03. The van der Waals surface area contributed by atoms with Crippen molar-refractivity contribution in [1.82, 2.24) is 0 Å². The SMILES string of the molecule is COc1c(CN)cc(C#N)cc1C(F)(F)F. The average Bonchev–Trinajstić information content (AvgIpc) is 2.25. The maximum atomic E-state index is 12.6. The van der Waals surface area contributed by atoms with Crippen molar-refractivity contribution in [3.8, 4) is 11.8 Å². The minimum Gasteiger partial charge on any atom is -0.496 e. The Balaban J connectivity index is 3.51. The Kier molecular flexibility index (Phi) is 3.40. The molecule has 1 aromatic rings. The zero-order chi connectivity index (χ0) is 12.3. The van der Waals surface area contributed by atoms with E-state index in [2.05, 4.69) is 4.74 Å².